The first-order chi connectivity index (χ1) is 8.74. The number of benzene rings is 1. The topological polar surface area (TPSA) is 70.6 Å². The summed E-state index contributed by atoms with van der Waals surface area (Å²) in [6.07, 6.45) is 0.0407. The predicted molar refractivity (Wildman–Crippen MR) is 65.2 cm³/mol. The highest BCUT2D eigenvalue weighted by Gasteiger charge is 2.32. The Balaban J connectivity index is 1.66. The summed E-state index contributed by atoms with van der Waals surface area (Å²) in [5, 5.41) is 15.6. The van der Waals surface area contributed by atoms with E-state index in [9.17, 15) is 9.90 Å². The maximum atomic E-state index is 11.8. The van der Waals surface area contributed by atoms with Gasteiger partial charge in [0.15, 0.2) is 0 Å². The van der Waals surface area contributed by atoms with E-state index in [-0.39, 0.29) is 18.1 Å². The van der Waals surface area contributed by atoms with Crippen molar-refractivity contribution < 1.29 is 14.6 Å². The molecule has 2 amide bonds. The molecule has 2 aliphatic rings. The number of hydrogen-bond donors (Lipinski definition) is 3. The highest BCUT2D eigenvalue weighted by Crippen LogP contribution is 2.31. The number of nitrogens with one attached hydrogen (secondary N) is 2. The predicted octanol–water partition coefficient (Wildman–Crippen LogP) is 0.343. The van der Waals surface area contributed by atoms with Gasteiger partial charge in [-0.3, -0.25) is 0 Å². The molecule has 0 aromatic heterocycles. The van der Waals surface area contributed by atoms with Gasteiger partial charge in [0.2, 0.25) is 0 Å². The Hall–Kier alpha value is -1.59. The lowest BCUT2D eigenvalue weighted by Crippen LogP contribution is -2.53. The van der Waals surface area contributed by atoms with Crippen LogP contribution in [0.1, 0.15) is 17.2 Å². The van der Waals surface area contributed by atoms with Crippen LogP contribution in [0, 0.1) is 0 Å². The van der Waals surface area contributed by atoms with Gasteiger partial charge in [0.25, 0.3) is 0 Å². The number of aliphatic hydroxyl groups excluding tert-OH is 1. The van der Waals surface area contributed by atoms with Crippen LogP contribution in [-0.2, 0) is 11.2 Å². The van der Waals surface area contributed by atoms with Crippen molar-refractivity contribution in [3.8, 4) is 0 Å². The van der Waals surface area contributed by atoms with Gasteiger partial charge in [-0.25, -0.2) is 4.79 Å². The van der Waals surface area contributed by atoms with Crippen molar-refractivity contribution in [2.24, 2.45) is 0 Å². The second-order valence-corrected chi connectivity index (χ2v) is 4.80. The molecule has 5 nitrogen and oxygen atoms in total. The molecule has 18 heavy (non-hydrogen) atoms. The zero-order valence-electron chi connectivity index (χ0n) is 9.93. The molecule has 3 rings (SSSR count). The van der Waals surface area contributed by atoms with Crippen LogP contribution in [0.3, 0.4) is 0 Å². The number of fused-ring (bicyclic) bond motifs is 1. The van der Waals surface area contributed by atoms with E-state index < -0.39 is 6.10 Å². The van der Waals surface area contributed by atoms with Gasteiger partial charge in [0.1, 0.15) is 0 Å². The van der Waals surface area contributed by atoms with E-state index in [1.807, 2.05) is 24.3 Å². The molecule has 1 aliphatic heterocycles. The van der Waals surface area contributed by atoms with Crippen molar-refractivity contribution in [2.45, 2.75) is 24.6 Å². The van der Waals surface area contributed by atoms with Gasteiger partial charge in [-0.05, 0) is 11.1 Å². The van der Waals surface area contributed by atoms with Crippen LogP contribution >= 0.6 is 0 Å². The van der Waals surface area contributed by atoms with E-state index in [1.165, 1.54) is 0 Å². The quantitative estimate of drug-likeness (QED) is 0.707. The second kappa shape index (κ2) is 4.59. The standard InChI is InChI=1S/C13H16N2O3/c16-11-5-8-3-1-2-4-10(8)12(11)15-13(17)14-9-6-18-7-9/h1-4,9,11-12,16H,5-7H2,(H2,14,15,17)/t11-,12-/m1/s1. The molecule has 0 bridgehead atoms. The molecule has 96 valence electrons. The van der Waals surface area contributed by atoms with Crippen LogP contribution < -0.4 is 10.6 Å². The molecule has 1 fully saturated rings. The molecule has 0 unspecified atom stereocenters. The first-order valence-electron chi connectivity index (χ1n) is 6.14. The van der Waals surface area contributed by atoms with Gasteiger partial charge in [-0.15, -0.1) is 0 Å². The smallest absolute Gasteiger partial charge is 0.315 e. The summed E-state index contributed by atoms with van der Waals surface area (Å²) in [6.45, 7) is 1.13. The van der Waals surface area contributed by atoms with E-state index in [1.54, 1.807) is 0 Å². The summed E-state index contributed by atoms with van der Waals surface area (Å²) in [4.78, 5) is 11.8. The van der Waals surface area contributed by atoms with E-state index in [2.05, 4.69) is 10.6 Å². The van der Waals surface area contributed by atoms with E-state index >= 15 is 0 Å². The fourth-order valence-electron chi connectivity index (χ4n) is 2.44. The Bertz CT molecular complexity index is 459. The summed E-state index contributed by atoms with van der Waals surface area (Å²) < 4.78 is 4.99. The van der Waals surface area contributed by atoms with Crippen molar-refractivity contribution in [3.63, 3.8) is 0 Å². The molecule has 0 radical (unpaired) electrons. The minimum atomic E-state index is -0.550. The van der Waals surface area contributed by atoms with Crippen LogP contribution in [0.2, 0.25) is 0 Å². The van der Waals surface area contributed by atoms with Gasteiger partial charge in [0, 0.05) is 6.42 Å². The molecule has 1 aromatic rings. The van der Waals surface area contributed by atoms with Gasteiger partial charge in [0.05, 0.1) is 31.4 Å². The fraction of sp³-hybridized carbons (Fsp3) is 0.462. The minimum Gasteiger partial charge on any atom is -0.390 e. The zero-order valence-corrected chi connectivity index (χ0v) is 9.93. The highest BCUT2D eigenvalue weighted by molar-refractivity contribution is 5.75. The number of rotatable bonds is 2. The molecule has 2 atom stereocenters. The lowest BCUT2D eigenvalue weighted by atomic mass is 10.1. The molecule has 1 heterocycles. The molecule has 0 saturated carbocycles. The third kappa shape index (κ3) is 2.07. The molecular formula is C13H16N2O3. The Morgan fingerprint density at radius 3 is 2.78 bits per heavy atom. The number of hydrogen-bond acceptors (Lipinski definition) is 3. The number of urea groups is 1. The van der Waals surface area contributed by atoms with Crippen molar-refractivity contribution in [2.75, 3.05) is 13.2 Å². The van der Waals surface area contributed by atoms with Gasteiger partial charge in [-0.2, -0.15) is 0 Å². The zero-order chi connectivity index (χ0) is 12.5. The Morgan fingerprint density at radius 2 is 2.06 bits per heavy atom. The lowest BCUT2D eigenvalue weighted by Gasteiger charge is -2.28. The summed E-state index contributed by atoms with van der Waals surface area (Å²) in [6, 6.07) is 7.33. The van der Waals surface area contributed by atoms with Gasteiger partial charge >= 0.3 is 6.03 Å². The summed E-state index contributed by atoms with van der Waals surface area (Å²) in [7, 11) is 0. The Morgan fingerprint density at radius 1 is 1.28 bits per heavy atom. The number of ether oxygens (including phenoxy) is 1. The van der Waals surface area contributed by atoms with Crippen LogP contribution in [0.5, 0.6) is 0 Å². The third-order valence-corrected chi connectivity index (χ3v) is 3.46. The Labute approximate surface area is 105 Å². The van der Waals surface area contributed by atoms with Crippen molar-refractivity contribution in [1.82, 2.24) is 10.6 Å². The number of amides is 2. The normalized spacial score (nSPS) is 26.3. The summed E-state index contributed by atoms with van der Waals surface area (Å²) in [5.74, 6) is 0. The minimum absolute atomic E-state index is 0.0961. The van der Waals surface area contributed by atoms with Crippen LogP contribution in [-0.4, -0.2) is 36.5 Å². The molecule has 1 aromatic carbocycles. The first-order valence-corrected chi connectivity index (χ1v) is 6.14. The van der Waals surface area contributed by atoms with Gasteiger partial charge in [-0.1, -0.05) is 24.3 Å². The van der Waals surface area contributed by atoms with E-state index in [0.29, 0.717) is 19.6 Å². The molecule has 5 heteroatoms. The van der Waals surface area contributed by atoms with Crippen molar-refractivity contribution in [1.29, 1.82) is 0 Å². The average molecular weight is 248 g/mol. The first kappa shape index (κ1) is 11.5. The lowest BCUT2D eigenvalue weighted by molar-refractivity contribution is -0.000419. The van der Waals surface area contributed by atoms with Crippen LogP contribution in [0.4, 0.5) is 4.79 Å². The number of carbonyl (C=O) groups is 1. The molecule has 3 N–H and O–H groups in total. The van der Waals surface area contributed by atoms with Crippen LogP contribution in [0.15, 0.2) is 24.3 Å². The fourth-order valence-corrected chi connectivity index (χ4v) is 2.44. The maximum absolute atomic E-state index is 11.8. The summed E-state index contributed by atoms with van der Waals surface area (Å²) in [5.41, 5.74) is 2.10. The largest absolute Gasteiger partial charge is 0.390 e. The van der Waals surface area contributed by atoms with Crippen molar-refractivity contribution >= 4 is 6.03 Å². The van der Waals surface area contributed by atoms with Crippen molar-refractivity contribution in [3.05, 3.63) is 35.4 Å². The second-order valence-electron chi connectivity index (χ2n) is 4.80. The number of aliphatic hydroxyl groups is 1. The molecule has 0 spiro atoms. The third-order valence-electron chi connectivity index (χ3n) is 3.46. The molecule has 1 saturated heterocycles. The van der Waals surface area contributed by atoms with Gasteiger partial charge < -0.3 is 20.5 Å². The van der Waals surface area contributed by atoms with E-state index in [0.717, 1.165) is 11.1 Å². The Kier molecular flexibility index (Phi) is 2.93. The number of carbonyl (C=O) groups excluding carboxylic acids is 1. The molecular weight excluding hydrogens is 232 g/mol. The SMILES string of the molecule is O=C(NC1COC1)N[C@@H]1c2ccccc2C[C@H]1O. The monoisotopic (exact) mass is 248 g/mol. The summed E-state index contributed by atoms with van der Waals surface area (Å²) >= 11 is 0. The van der Waals surface area contributed by atoms with E-state index in [4.69, 9.17) is 4.74 Å². The van der Waals surface area contributed by atoms with Crippen LogP contribution in [0.25, 0.3) is 0 Å². The molecule has 1 aliphatic carbocycles. The maximum Gasteiger partial charge on any atom is 0.315 e. The highest BCUT2D eigenvalue weighted by atomic mass is 16.5. The average Bonchev–Trinajstić information content (AvgIpc) is 2.61.